The molecule has 2 bridgehead atoms. The third kappa shape index (κ3) is 0.791. The average molecular weight is 268 g/mol. The van der Waals surface area contributed by atoms with Gasteiger partial charge < -0.3 is 9.84 Å². The second kappa shape index (κ2) is 3.00. The molecule has 0 unspecified atom stereocenters. The minimum Gasteiger partial charge on any atom is -0.385 e. The molecule has 0 saturated heterocycles. The normalized spacial score (nSPS) is 63.2. The fourth-order valence-electron chi connectivity index (χ4n) is 7.91. The summed E-state index contributed by atoms with van der Waals surface area (Å²) in [5.41, 5.74) is 0.621. The van der Waals surface area contributed by atoms with E-state index in [1.54, 1.807) is 0 Å². The van der Waals surface area contributed by atoms with Gasteiger partial charge in [0.25, 0.3) is 0 Å². The maximum atomic E-state index is 11.7. The highest BCUT2D eigenvalue weighted by atomic mass is 16.5. The molecule has 104 valence electrons. The first-order valence-corrected chi connectivity index (χ1v) is 8.09. The molecule has 1 N–H and O–H groups in total. The molecular weight excluding hydrogens is 248 g/mol. The Kier molecular flexibility index (Phi) is 1.62. The van der Waals surface area contributed by atoms with Crippen LogP contribution in [0.15, 0.2) is 30.3 Å². The summed E-state index contributed by atoms with van der Waals surface area (Å²) < 4.78 is 5.89. The van der Waals surface area contributed by atoms with Crippen LogP contribution in [0.4, 0.5) is 0 Å². The van der Waals surface area contributed by atoms with Gasteiger partial charge in [-0.2, -0.15) is 0 Å². The van der Waals surface area contributed by atoms with Gasteiger partial charge in [0.05, 0.1) is 11.7 Å². The minimum absolute atomic E-state index is 0.438. The maximum Gasteiger partial charge on any atom is 0.0965 e. The summed E-state index contributed by atoms with van der Waals surface area (Å²) in [7, 11) is 1.89. The van der Waals surface area contributed by atoms with E-state index >= 15 is 0 Å². The zero-order valence-electron chi connectivity index (χ0n) is 11.6. The zero-order chi connectivity index (χ0) is 13.2. The molecule has 2 heteroatoms. The van der Waals surface area contributed by atoms with Crippen LogP contribution < -0.4 is 0 Å². The Balaban J connectivity index is 1.58. The van der Waals surface area contributed by atoms with Crippen molar-refractivity contribution in [3.05, 3.63) is 35.9 Å². The number of hydrogen-bond donors (Lipinski definition) is 1. The lowest BCUT2D eigenvalue weighted by Gasteiger charge is -2.54. The van der Waals surface area contributed by atoms with E-state index in [-0.39, 0.29) is 0 Å². The second-order valence-corrected chi connectivity index (χ2v) is 7.82. The fourth-order valence-corrected chi connectivity index (χ4v) is 7.91. The molecule has 0 aromatic heterocycles. The first kappa shape index (κ1) is 10.8. The average Bonchev–Trinajstić information content (AvgIpc) is 2.98. The molecular formula is C18H20O2. The third-order valence-corrected chi connectivity index (χ3v) is 7.91. The Labute approximate surface area is 119 Å². The summed E-state index contributed by atoms with van der Waals surface area (Å²) in [6.07, 6.45) is 1.81. The molecule has 1 aromatic rings. The van der Waals surface area contributed by atoms with E-state index in [0.29, 0.717) is 29.8 Å². The van der Waals surface area contributed by atoms with Crippen LogP contribution in [0.3, 0.4) is 0 Å². The van der Waals surface area contributed by atoms with E-state index in [1.807, 2.05) is 7.11 Å². The van der Waals surface area contributed by atoms with Crippen LogP contribution in [0, 0.1) is 47.3 Å². The van der Waals surface area contributed by atoms with Crippen LogP contribution in [-0.4, -0.2) is 18.3 Å². The third-order valence-electron chi connectivity index (χ3n) is 7.91. The SMILES string of the molecule is CO[C@@H]1[C@@H]2[C@H]3[C@@H]4C[C@@H]5[C@H]3[C@@H]2[C@@](O)(c2ccccc2)[C@H]5[C@@H]41. The standard InChI is InChI=1S/C18H20O2/c1-20-17-13-9-7-10-12-11(9)14(17)16(12)18(19,15(10)13)8-5-3-2-4-6-8/h2-6,9-17,19H,7H2,1H3/t9-,10+,11-,12+,13+,14+,15+,16-,17-,18+/m0/s1. The molecule has 0 radical (unpaired) electrons. The lowest BCUT2D eigenvalue weighted by molar-refractivity contribution is -0.183. The molecule has 0 aliphatic heterocycles. The molecule has 5 aliphatic carbocycles. The van der Waals surface area contributed by atoms with Crippen molar-refractivity contribution in [2.24, 2.45) is 47.3 Å². The van der Waals surface area contributed by atoms with Gasteiger partial charge in [-0.05, 0) is 47.5 Å². The van der Waals surface area contributed by atoms with Crippen LogP contribution >= 0.6 is 0 Å². The van der Waals surface area contributed by atoms with Gasteiger partial charge in [-0.25, -0.2) is 0 Å². The van der Waals surface area contributed by atoms with Crippen molar-refractivity contribution in [2.75, 3.05) is 7.11 Å². The van der Waals surface area contributed by atoms with E-state index in [0.717, 1.165) is 23.7 Å². The topological polar surface area (TPSA) is 29.5 Å². The predicted octanol–water partition coefficient (Wildman–Crippen LogP) is 2.28. The van der Waals surface area contributed by atoms with E-state index in [9.17, 15) is 5.11 Å². The molecule has 6 rings (SSSR count). The highest BCUT2D eigenvalue weighted by molar-refractivity contribution is 5.40. The Hall–Kier alpha value is -0.860. The number of fused-ring (bicyclic) bond motifs is 2. The van der Waals surface area contributed by atoms with Crippen molar-refractivity contribution in [3.63, 3.8) is 0 Å². The highest BCUT2D eigenvalue weighted by Crippen LogP contribution is 2.87. The summed E-state index contributed by atoms with van der Waals surface area (Å²) in [6, 6.07) is 10.5. The quantitative estimate of drug-likeness (QED) is 0.891. The summed E-state index contributed by atoms with van der Waals surface area (Å²) in [6.45, 7) is 0. The molecule has 5 fully saturated rings. The van der Waals surface area contributed by atoms with Crippen molar-refractivity contribution in [3.8, 4) is 0 Å². The predicted molar refractivity (Wildman–Crippen MR) is 73.7 cm³/mol. The number of ether oxygens (including phenoxy) is 1. The monoisotopic (exact) mass is 268 g/mol. The molecule has 20 heavy (non-hydrogen) atoms. The smallest absolute Gasteiger partial charge is 0.0965 e. The van der Waals surface area contributed by atoms with E-state index < -0.39 is 5.60 Å². The first-order chi connectivity index (χ1) is 9.78. The van der Waals surface area contributed by atoms with Gasteiger partial charge in [0, 0.05) is 18.9 Å². The van der Waals surface area contributed by atoms with Crippen molar-refractivity contribution >= 4 is 0 Å². The Morgan fingerprint density at radius 1 is 1.00 bits per heavy atom. The summed E-state index contributed by atoms with van der Waals surface area (Å²) >= 11 is 0. The number of rotatable bonds is 2. The lowest BCUT2D eigenvalue weighted by Crippen LogP contribution is -2.57. The van der Waals surface area contributed by atoms with Crippen molar-refractivity contribution in [2.45, 2.75) is 18.1 Å². The molecule has 0 amide bonds. The number of methoxy groups -OCH3 is 1. The Morgan fingerprint density at radius 3 is 2.55 bits per heavy atom. The van der Waals surface area contributed by atoms with Crippen LogP contribution in [0.1, 0.15) is 12.0 Å². The first-order valence-electron chi connectivity index (χ1n) is 8.09. The molecule has 1 aromatic carbocycles. The van der Waals surface area contributed by atoms with E-state index in [4.69, 9.17) is 4.74 Å². The van der Waals surface area contributed by atoms with E-state index in [1.165, 1.54) is 12.0 Å². The molecule has 5 aliphatic rings. The highest BCUT2D eigenvalue weighted by Gasteiger charge is 2.87. The Morgan fingerprint density at radius 2 is 1.80 bits per heavy atom. The van der Waals surface area contributed by atoms with Gasteiger partial charge in [0.1, 0.15) is 0 Å². The largest absolute Gasteiger partial charge is 0.385 e. The molecule has 10 atom stereocenters. The number of hydrogen-bond acceptors (Lipinski definition) is 2. The number of aliphatic hydroxyl groups is 1. The van der Waals surface area contributed by atoms with Crippen molar-refractivity contribution in [1.29, 1.82) is 0 Å². The van der Waals surface area contributed by atoms with Crippen molar-refractivity contribution < 1.29 is 9.84 Å². The van der Waals surface area contributed by atoms with Gasteiger partial charge in [0.15, 0.2) is 0 Å². The fraction of sp³-hybridized carbons (Fsp3) is 0.667. The zero-order valence-corrected chi connectivity index (χ0v) is 11.6. The minimum atomic E-state index is -0.553. The van der Waals surface area contributed by atoms with Crippen LogP contribution in [-0.2, 0) is 10.3 Å². The van der Waals surface area contributed by atoms with Gasteiger partial charge in [-0.1, -0.05) is 30.3 Å². The molecule has 0 spiro atoms. The second-order valence-electron chi connectivity index (χ2n) is 7.82. The van der Waals surface area contributed by atoms with Gasteiger partial charge in [-0.15, -0.1) is 0 Å². The van der Waals surface area contributed by atoms with Crippen LogP contribution in [0.5, 0.6) is 0 Å². The van der Waals surface area contributed by atoms with Gasteiger partial charge >= 0.3 is 0 Å². The summed E-state index contributed by atoms with van der Waals surface area (Å²) in [4.78, 5) is 0. The van der Waals surface area contributed by atoms with Crippen LogP contribution in [0.25, 0.3) is 0 Å². The molecule has 5 saturated carbocycles. The lowest BCUT2D eigenvalue weighted by atomic mass is 9.54. The van der Waals surface area contributed by atoms with Gasteiger partial charge in [-0.3, -0.25) is 0 Å². The molecule has 2 nitrogen and oxygen atoms in total. The number of benzene rings is 1. The van der Waals surface area contributed by atoms with Crippen LogP contribution in [0.2, 0.25) is 0 Å². The Bertz CT molecular complexity index is 599. The summed E-state index contributed by atoms with van der Waals surface area (Å²) in [5.74, 6) is 5.52. The van der Waals surface area contributed by atoms with Gasteiger partial charge in [0.2, 0.25) is 0 Å². The summed E-state index contributed by atoms with van der Waals surface area (Å²) in [5, 5.41) is 11.7. The maximum absolute atomic E-state index is 11.7. The van der Waals surface area contributed by atoms with E-state index in [2.05, 4.69) is 30.3 Å². The molecule has 0 heterocycles. The van der Waals surface area contributed by atoms with Crippen molar-refractivity contribution in [1.82, 2.24) is 0 Å².